The van der Waals surface area contributed by atoms with Crippen molar-refractivity contribution in [1.82, 2.24) is 0 Å². The van der Waals surface area contributed by atoms with E-state index in [0.717, 1.165) is 25.7 Å². The second-order valence-electron chi connectivity index (χ2n) is 12.4. The van der Waals surface area contributed by atoms with E-state index in [1.54, 1.807) is 0 Å². The summed E-state index contributed by atoms with van der Waals surface area (Å²) in [4.78, 5) is 22.0. The van der Waals surface area contributed by atoms with Gasteiger partial charge in [0.05, 0.1) is 0 Å². The maximum absolute atomic E-state index is 11.0. The number of hydrogen-bond acceptors (Lipinski definition) is 9. The molecule has 0 aliphatic carbocycles. The maximum atomic E-state index is 11.0. The fourth-order valence-electron chi connectivity index (χ4n) is 5.05. The summed E-state index contributed by atoms with van der Waals surface area (Å²) in [5, 5.41) is 0. The van der Waals surface area contributed by atoms with Gasteiger partial charge in [-0.1, -0.05) is 154 Å². The van der Waals surface area contributed by atoms with E-state index in [-0.39, 0.29) is 0 Å². The molecule has 2 unspecified atom stereocenters. The molecule has 48 heavy (non-hydrogen) atoms. The van der Waals surface area contributed by atoms with Crippen molar-refractivity contribution in [1.29, 1.82) is 0 Å². The number of allylic oxidation sites excluding steroid dienone is 4. The first kappa shape index (κ1) is 54.2. The molecule has 0 amide bonds. The zero-order valence-electron chi connectivity index (χ0n) is 30.5. The van der Waals surface area contributed by atoms with E-state index in [9.17, 15) is 9.79 Å². The van der Waals surface area contributed by atoms with E-state index >= 15 is 0 Å². The van der Waals surface area contributed by atoms with Crippen molar-refractivity contribution in [3.05, 3.63) is 24.3 Å². The Labute approximate surface area is 330 Å². The summed E-state index contributed by atoms with van der Waals surface area (Å²) in [6, 6.07) is 0. The molecule has 0 saturated heterocycles. The van der Waals surface area contributed by atoms with E-state index in [0.29, 0.717) is 33.0 Å². The van der Waals surface area contributed by atoms with Crippen molar-refractivity contribution >= 4 is 59.5 Å². The van der Waals surface area contributed by atoms with Crippen LogP contribution in [-0.4, -0.2) is 13.2 Å². The van der Waals surface area contributed by atoms with E-state index in [1.165, 1.54) is 154 Å². The SMILES string of the molecule is CCCCCCCC/C=C\CCCCCCCCOP([O-])(=S)[S-].CCCCCCCC/C=C\CCCCCCCCOP([O-])(=S)[S-].[O]=[Mo+4]. The molecule has 0 fully saturated rings. The van der Waals surface area contributed by atoms with Gasteiger partial charge in [-0.25, -0.2) is 0 Å². The molecule has 0 aromatic heterocycles. The predicted molar refractivity (Wildman–Crippen MR) is 215 cm³/mol. The van der Waals surface area contributed by atoms with Crippen LogP contribution in [0.1, 0.15) is 194 Å². The quantitative estimate of drug-likeness (QED) is 0.0206. The van der Waals surface area contributed by atoms with Gasteiger partial charge in [0.15, 0.2) is 0 Å². The van der Waals surface area contributed by atoms with Crippen LogP contribution in [0.3, 0.4) is 0 Å². The molecule has 0 spiro atoms. The molecule has 12 heteroatoms. The van der Waals surface area contributed by atoms with Gasteiger partial charge in [0, 0.05) is 13.2 Å². The van der Waals surface area contributed by atoms with Gasteiger partial charge in [-0.05, 0) is 64.2 Å². The molecule has 284 valence electrons. The molecule has 0 radical (unpaired) electrons. The summed E-state index contributed by atoms with van der Waals surface area (Å²) < 4.78 is 18.1. The van der Waals surface area contributed by atoms with Crippen molar-refractivity contribution in [2.24, 2.45) is 0 Å². The molecular weight excluding hydrogens is 799 g/mol. The Hall–Kier alpha value is 1.81. The number of unbranched alkanes of at least 4 members (excludes halogenated alkanes) is 24. The van der Waals surface area contributed by atoms with Gasteiger partial charge < -0.3 is 43.3 Å². The molecular formula is C36H70MoO5P2S4. The zero-order valence-corrected chi connectivity index (χ0v) is 37.6. The third-order valence-electron chi connectivity index (χ3n) is 7.81. The normalized spacial score (nSPS) is 13.9. The van der Waals surface area contributed by atoms with Crippen molar-refractivity contribution in [2.75, 3.05) is 13.2 Å². The van der Waals surface area contributed by atoms with Crippen LogP contribution in [0, 0.1) is 0 Å². The molecule has 0 aliphatic heterocycles. The second kappa shape index (κ2) is 45.0. The third-order valence-corrected chi connectivity index (χ3v) is 10.1. The van der Waals surface area contributed by atoms with Gasteiger partial charge in [0.1, 0.15) is 0 Å². The molecule has 0 aliphatic rings. The van der Waals surface area contributed by atoms with Crippen molar-refractivity contribution in [3.63, 3.8) is 0 Å². The molecule has 5 nitrogen and oxygen atoms in total. The Bertz CT molecular complexity index is 719. The molecule has 0 rings (SSSR count). The van der Waals surface area contributed by atoms with Crippen LogP contribution in [-0.2, 0) is 80.3 Å². The Morgan fingerprint density at radius 3 is 0.896 bits per heavy atom. The summed E-state index contributed by atoms with van der Waals surface area (Å²) in [5.74, 6) is 0. The first-order chi connectivity index (χ1) is 23.1. The van der Waals surface area contributed by atoms with Gasteiger partial charge in [0.2, 0.25) is 0 Å². The minimum atomic E-state index is -3.10. The van der Waals surface area contributed by atoms with E-state index in [2.05, 4.69) is 86.3 Å². The van der Waals surface area contributed by atoms with Gasteiger partial charge >= 0.3 is 23.2 Å². The molecule has 0 heterocycles. The summed E-state index contributed by atoms with van der Waals surface area (Å²) in [5.41, 5.74) is -6.19. The first-order valence-corrected chi connectivity index (χ1v) is 27.0. The Morgan fingerprint density at radius 1 is 0.458 bits per heavy atom. The van der Waals surface area contributed by atoms with Crippen LogP contribution >= 0.6 is 11.4 Å². The van der Waals surface area contributed by atoms with Gasteiger partial charge in [-0.3, -0.25) is 0 Å². The molecule has 0 aromatic rings. The topological polar surface area (TPSA) is 81.7 Å². The Morgan fingerprint density at radius 2 is 0.667 bits per heavy atom. The average Bonchev–Trinajstić information content (AvgIpc) is 3.04. The fraction of sp³-hybridized carbons (Fsp3) is 0.889. The van der Waals surface area contributed by atoms with Crippen LogP contribution in [0.2, 0.25) is 0 Å². The van der Waals surface area contributed by atoms with E-state index in [1.807, 2.05) is 0 Å². The summed E-state index contributed by atoms with van der Waals surface area (Å²) in [6.45, 7) is 5.43. The van der Waals surface area contributed by atoms with Crippen molar-refractivity contribution in [2.45, 2.75) is 194 Å². The zero-order chi connectivity index (χ0) is 36.5. The standard InChI is InChI=1S/2C18H37O2PS2.Mo.O/c2*1-2-3-4-5-6-7-8-9-10-11-12-13-14-15-16-17-18-20-21(19,22)23;;/h2*9-10H,2-8,11-18H2,1H3,(H2,19,22,23);;/q;;+4;/p-4/b2*10-9-;;. The Kier molecular flexibility index (Phi) is 50.7. The number of rotatable bonds is 34. The summed E-state index contributed by atoms with van der Waals surface area (Å²) in [7, 11) is 0. The Balaban J connectivity index is -0.000000802. The molecule has 2 atom stereocenters. The van der Waals surface area contributed by atoms with Crippen LogP contribution < -0.4 is 9.79 Å². The summed E-state index contributed by atoms with van der Waals surface area (Å²) in [6.07, 6.45) is 45.1. The predicted octanol–water partition coefficient (Wildman–Crippen LogP) is 12.2. The molecule has 0 N–H and O–H groups in total. The first-order valence-electron chi connectivity index (χ1n) is 18.9. The molecule has 0 aromatic carbocycles. The van der Waals surface area contributed by atoms with Crippen LogP contribution in [0.5, 0.6) is 0 Å². The molecule has 0 bridgehead atoms. The monoisotopic (exact) mass is 870 g/mol. The van der Waals surface area contributed by atoms with E-state index in [4.69, 9.17) is 12.4 Å². The summed E-state index contributed by atoms with van der Waals surface area (Å²) >= 11 is 18.8. The minimum absolute atomic E-state index is 0.450. The van der Waals surface area contributed by atoms with E-state index < -0.39 is 11.4 Å². The average molecular weight is 869 g/mol. The fourth-order valence-corrected chi connectivity index (χ4v) is 6.65. The van der Waals surface area contributed by atoms with Crippen LogP contribution in [0.4, 0.5) is 0 Å². The van der Waals surface area contributed by atoms with Crippen molar-refractivity contribution < 1.29 is 42.0 Å². The van der Waals surface area contributed by atoms with Gasteiger partial charge in [-0.2, -0.15) is 0 Å². The van der Waals surface area contributed by atoms with Crippen LogP contribution in [0.25, 0.3) is 0 Å². The van der Waals surface area contributed by atoms with Crippen LogP contribution in [0.15, 0.2) is 24.3 Å². The third kappa shape index (κ3) is 59.9. The van der Waals surface area contributed by atoms with Gasteiger partial charge in [0.25, 0.3) is 0 Å². The van der Waals surface area contributed by atoms with Gasteiger partial charge in [-0.15, -0.1) is 35.0 Å². The van der Waals surface area contributed by atoms with Crippen molar-refractivity contribution in [3.8, 4) is 0 Å². The number of hydrogen-bond donors (Lipinski definition) is 0. The molecule has 0 saturated carbocycles. The second-order valence-corrected chi connectivity index (χ2v) is 21.9.